The number of aromatic nitrogens is 4. The van der Waals surface area contributed by atoms with Gasteiger partial charge in [-0.25, -0.2) is 4.98 Å². The van der Waals surface area contributed by atoms with Gasteiger partial charge in [0.1, 0.15) is 5.03 Å². The van der Waals surface area contributed by atoms with Crippen LogP contribution in [0.5, 0.6) is 0 Å². The van der Waals surface area contributed by atoms with Crippen molar-refractivity contribution in [2.75, 3.05) is 0 Å². The van der Waals surface area contributed by atoms with Crippen molar-refractivity contribution >= 4 is 23.3 Å². The number of nitrogens with zero attached hydrogens (tertiary/aromatic N) is 4. The number of thioether (sulfide) groups is 1. The summed E-state index contributed by atoms with van der Waals surface area (Å²) in [5, 5.41) is 9.74. The number of pyridine rings is 2. The van der Waals surface area contributed by atoms with Crippen molar-refractivity contribution in [3.63, 3.8) is 0 Å². The monoisotopic (exact) mass is 403 g/mol. The second-order valence-electron chi connectivity index (χ2n) is 5.18. The SMILES string of the molecule is O=C(NCc1nnc2ccc(C(F)(F)F)cn12)c1cccnc1SC(F)F. The fourth-order valence-electron chi connectivity index (χ4n) is 2.22. The topological polar surface area (TPSA) is 72.2 Å². The van der Waals surface area contributed by atoms with E-state index in [0.717, 1.165) is 22.7 Å². The Bertz CT molecular complexity index is 975. The van der Waals surface area contributed by atoms with Crippen molar-refractivity contribution in [2.45, 2.75) is 23.5 Å². The molecule has 1 N–H and O–H groups in total. The Morgan fingerprint density at radius 1 is 1.22 bits per heavy atom. The Labute approximate surface area is 152 Å². The van der Waals surface area contributed by atoms with Gasteiger partial charge in [0.25, 0.3) is 11.7 Å². The molecular formula is C15H10F5N5OS. The van der Waals surface area contributed by atoms with Crippen LogP contribution in [0.1, 0.15) is 21.7 Å². The van der Waals surface area contributed by atoms with E-state index in [-0.39, 0.29) is 40.4 Å². The highest BCUT2D eigenvalue weighted by Crippen LogP contribution is 2.29. The van der Waals surface area contributed by atoms with Crippen LogP contribution in [0.4, 0.5) is 22.0 Å². The summed E-state index contributed by atoms with van der Waals surface area (Å²) >= 11 is 0.120. The fourth-order valence-corrected chi connectivity index (χ4v) is 2.80. The van der Waals surface area contributed by atoms with Crippen molar-refractivity contribution in [1.82, 2.24) is 24.9 Å². The zero-order valence-electron chi connectivity index (χ0n) is 13.2. The van der Waals surface area contributed by atoms with E-state index in [0.29, 0.717) is 0 Å². The number of carbonyl (C=O) groups excluding carboxylic acids is 1. The number of nitrogens with one attached hydrogen (secondary N) is 1. The van der Waals surface area contributed by atoms with Gasteiger partial charge in [-0.05, 0) is 36.0 Å². The summed E-state index contributed by atoms with van der Waals surface area (Å²) in [5.74, 6) is -3.42. The predicted octanol–water partition coefficient (Wildman–Crippen LogP) is 3.39. The summed E-state index contributed by atoms with van der Waals surface area (Å²) in [6.07, 6.45) is -2.46. The summed E-state index contributed by atoms with van der Waals surface area (Å²) in [4.78, 5) is 16.0. The lowest BCUT2D eigenvalue weighted by Crippen LogP contribution is -2.25. The second kappa shape index (κ2) is 7.47. The molecule has 0 spiro atoms. The van der Waals surface area contributed by atoms with E-state index in [4.69, 9.17) is 0 Å². The van der Waals surface area contributed by atoms with Gasteiger partial charge in [-0.3, -0.25) is 9.20 Å². The zero-order valence-corrected chi connectivity index (χ0v) is 14.1. The molecule has 27 heavy (non-hydrogen) atoms. The first-order valence-electron chi connectivity index (χ1n) is 7.34. The van der Waals surface area contributed by atoms with Crippen LogP contribution in [0.3, 0.4) is 0 Å². The van der Waals surface area contributed by atoms with Crippen LogP contribution in [0, 0.1) is 0 Å². The molecule has 0 aromatic carbocycles. The van der Waals surface area contributed by atoms with E-state index in [1.807, 2.05) is 0 Å². The Balaban J connectivity index is 1.80. The highest BCUT2D eigenvalue weighted by atomic mass is 32.2. The van der Waals surface area contributed by atoms with Gasteiger partial charge in [0.15, 0.2) is 11.5 Å². The summed E-state index contributed by atoms with van der Waals surface area (Å²) in [5.41, 5.74) is -0.805. The molecule has 1 amide bonds. The van der Waals surface area contributed by atoms with Gasteiger partial charge in [-0.2, -0.15) is 22.0 Å². The minimum Gasteiger partial charge on any atom is -0.345 e. The lowest BCUT2D eigenvalue weighted by molar-refractivity contribution is -0.137. The molecule has 0 aliphatic heterocycles. The van der Waals surface area contributed by atoms with Gasteiger partial charge < -0.3 is 5.32 Å². The third-order valence-corrected chi connectivity index (χ3v) is 4.15. The molecule has 3 aromatic rings. The Morgan fingerprint density at radius 2 is 2.00 bits per heavy atom. The minimum atomic E-state index is -4.55. The number of alkyl halides is 5. The number of fused-ring (bicyclic) bond motifs is 1. The van der Waals surface area contributed by atoms with Gasteiger partial charge >= 0.3 is 6.18 Å². The normalized spacial score (nSPS) is 11.9. The lowest BCUT2D eigenvalue weighted by atomic mass is 10.2. The highest BCUT2D eigenvalue weighted by Gasteiger charge is 2.31. The van der Waals surface area contributed by atoms with Crippen LogP contribution in [0.25, 0.3) is 5.65 Å². The maximum absolute atomic E-state index is 12.8. The van der Waals surface area contributed by atoms with Gasteiger partial charge in [-0.15, -0.1) is 10.2 Å². The van der Waals surface area contributed by atoms with Crippen molar-refractivity contribution in [3.05, 3.63) is 53.6 Å². The van der Waals surface area contributed by atoms with E-state index in [2.05, 4.69) is 20.5 Å². The summed E-state index contributed by atoms with van der Waals surface area (Å²) in [7, 11) is 0. The Kier molecular flexibility index (Phi) is 5.26. The smallest absolute Gasteiger partial charge is 0.345 e. The molecule has 0 bridgehead atoms. The van der Waals surface area contributed by atoms with Crippen LogP contribution in [0.2, 0.25) is 0 Å². The third kappa shape index (κ3) is 4.32. The predicted molar refractivity (Wildman–Crippen MR) is 85.3 cm³/mol. The molecule has 6 nitrogen and oxygen atoms in total. The molecular weight excluding hydrogens is 393 g/mol. The quantitative estimate of drug-likeness (QED) is 0.522. The van der Waals surface area contributed by atoms with Gasteiger partial charge in [-0.1, -0.05) is 0 Å². The Morgan fingerprint density at radius 3 is 2.70 bits per heavy atom. The van der Waals surface area contributed by atoms with E-state index < -0.39 is 23.4 Å². The van der Waals surface area contributed by atoms with Crippen LogP contribution in [-0.4, -0.2) is 31.2 Å². The lowest BCUT2D eigenvalue weighted by Gasteiger charge is -2.09. The van der Waals surface area contributed by atoms with Crippen LogP contribution in [-0.2, 0) is 12.7 Å². The standard InChI is InChI=1S/C15H10F5N5OS/c16-14(17)27-13-9(2-1-5-21-13)12(26)22-6-11-24-23-10-4-3-8(7-25(10)11)15(18,19)20/h1-5,7,14H,6H2,(H,22,26). The van der Waals surface area contributed by atoms with E-state index in [1.165, 1.54) is 18.3 Å². The summed E-state index contributed by atoms with van der Waals surface area (Å²) < 4.78 is 64.7. The first kappa shape index (κ1) is 19.0. The first-order valence-corrected chi connectivity index (χ1v) is 8.22. The van der Waals surface area contributed by atoms with Crippen molar-refractivity contribution in [1.29, 1.82) is 0 Å². The molecule has 3 aromatic heterocycles. The molecule has 0 aliphatic rings. The van der Waals surface area contributed by atoms with Crippen LogP contribution < -0.4 is 5.32 Å². The maximum atomic E-state index is 12.8. The molecule has 12 heteroatoms. The molecule has 0 saturated heterocycles. The van der Waals surface area contributed by atoms with Gasteiger partial charge in [0.05, 0.1) is 17.7 Å². The number of amides is 1. The molecule has 0 radical (unpaired) electrons. The molecule has 0 fully saturated rings. The molecule has 0 atom stereocenters. The average Bonchev–Trinajstić information content (AvgIpc) is 3.01. The zero-order chi connectivity index (χ0) is 19.6. The number of carbonyl (C=O) groups is 1. The molecule has 3 heterocycles. The van der Waals surface area contributed by atoms with E-state index >= 15 is 0 Å². The largest absolute Gasteiger partial charge is 0.417 e. The van der Waals surface area contributed by atoms with Crippen molar-refractivity contribution in [2.24, 2.45) is 0 Å². The third-order valence-electron chi connectivity index (χ3n) is 3.42. The van der Waals surface area contributed by atoms with Crippen molar-refractivity contribution in [3.8, 4) is 0 Å². The van der Waals surface area contributed by atoms with E-state index in [1.54, 1.807) is 0 Å². The minimum absolute atomic E-state index is 0.0522. The first-order chi connectivity index (χ1) is 12.8. The second-order valence-corrected chi connectivity index (χ2v) is 6.16. The number of hydrogen-bond acceptors (Lipinski definition) is 5. The van der Waals surface area contributed by atoms with E-state index in [9.17, 15) is 26.7 Å². The van der Waals surface area contributed by atoms with Crippen molar-refractivity contribution < 1.29 is 26.7 Å². The molecule has 142 valence electrons. The fraction of sp³-hybridized carbons (Fsp3) is 0.200. The Hall–Kier alpha value is -2.76. The average molecular weight is 403 g/mol. The van der Waals surface area contributed by atoms with Crippen LogP contribution in [0.15, 0.2) is 41.7 Å². The van der Waals surface area contributed by atoms with Crippen LogP contribution >= 0.6 is 11.8 Å². The highest BCUT2D eigenvalue weighted by molar-refractivity contribution is 7.99. The number of hydrogen-bond donors (Lipinski definition) is 1. The molecule has 3 rings (SSSR count). The molecule has 0 unspecified atom stereocenters. The summed E-state index contributed by atoms with van der Waals surface area (Å²) in [6.45, 7) is -0.255. The molecule has 0 saturated carbocycles. The molecule has 0 aliphatic carbocycles. The van der Waals surface area contributed by atoms with Gasteiger partial charge in [0, 0.05) is 12.4 Å². The maximum Gasteiger partial charge on any atom is 0.417 e. The van der Waals surface area contributed by atoms with Gasteiger partial charge in [0.2, 0.25) is 0 Å². The summed E-state index contributed by atoms with van der Waals surface area (Å²) in [6, 6.07) is 4.75. The number of rotatable bonds is 5. The number of halogens is 5.